The van der Waals surface area contributed by atoms with Gasteiger partial charge in [0, 0.05) is 33.6 Å². The molecule has 4 fully saturated rings. The first-order chi connectivity index (χ1) is 23.4. The number of fused-ring (bicyclic) bond motifs is 14. The minimum Gasteiger partial charge on any atom is -0.335 e. The maximum Gasteiger partial charge on any atom is 0.252 e. The molecule has 4 aliphatic heterocycles. The third kappa shape index (κ3) is 3.19. The second kappa shape index (κ2) is 9.21. The molecule has 2 nitrogen and oxygen atoms in total. The molecule has 0 bridgehead atoms. The number of nitrogens with zero attached hydrogens (tertiary/aromatic N) is 2. The Labute approximate surface area is 296 Å². The summed E-state index contributed by atoms with van der Waals surface area (Å²) in [5.41, 5.74) is 16.5. The summed E-state index contributed by atoms with van der Waals surface area (Å²) in [5, 5.41) is 0. The molecular weight excluding hydrogens is 591 g/mol. The number of anilines is 4. The van der Waals surface area contributed by atoms with Crippen molar-refractivity contribution < 1.29 is 0 Å². The summed E-state index contributed by atoms with van der Waals surface area (Å²) in [6, 6.07) is 20.6. The van der Waals surface area contributed by atoms with Crippen molar-refractivity contribution in [2.75, 3.05) is 9.80 Å². The predicted molar refractivity (Wildman–Crippen MR) is 208 cm³/mol. The van der Waals surface area contributed by atoms with Gasteiger partial charge in [-0.2, -0.15) is 0 Å². The molecule has 0 spiro atoms. The Balaban J connectivity index is 1.26. The zero-order valence-electron chi connectivity index (χ0n) is 31.4. The van der Waals surface area contributed by atoms with Crippen molar-refractivity contribution in [2.45, 2.75) is 153 Å². The number of rotatable bonds is 0. The standard InChI is InChI=1S/C46H57BN2/c1-42(2,3)30-26-37-39-38(27-30)49-41-34(44(5)25-23-29-15-9-11-17-32(29)46(44,49)7)19-13-21-36(41)47(39)35-20-12-18-33-40(35)48(37)45(6)31-16-10-8-14-28(31)22-24-43(33,45)4/h12-13,18-21,26-29,31-32H,8-11,14-17,22-25H2,1-7H3. The van der Waals surface area contributed by atoms with E-state index < -0.39 is 0 Å². The van der Waals surface area contributed by atoms with E-state index in [4.69, 9.17) is 0 Å². The van der Waals surface area contributed by atoms with E-state index in [1.54, 1.807) is 50.3 Å². The van der Waals surface area contributed by atoms with Gasteiger partial charge in [-0.15, -0.1) is 0 Å². The van der Waals surface area contributed by atoms with Crippen LogP contribution in [0.15, 0.2) is 48.5 Å². The normalized spacial score (nSPS) is 39.0. The van der Waals surface area contributed by atoms with Gasteiger partial charge in [-0.1, -0.05) is 110 Å². The van der Waals surface area contributed by atoms with Crippen LogP contribution in [0.2, 0.25) is 0 Å². The van der Waals surface area contributed by atoms with Crippen molar-refractivity contribution >= 4 is 45.9 Å². The number of hydrogen-bond donors (Lipinski definition) is 0. The maximum absolute atomic E-state index is 3.04. The zero-order valence-corrected chi connectivity index (χ0v) is 31.4. The average molecular weight is 649 g/mol. The molecule has 8 aliphatic rings. The second-order valence-corrected chi connectivity index (χ2v) is 20.1. The van der Waals surface area contributed by atoms with Crippen molar-refractivity contribution in [3.8, 4) is 0 Å². The highest BCUT2D eigenvalue weighted by molar-refractivity contribution is 7.00. The third-order valence-electron chi connectivity index (χ3n) is 17.6. The minimum atomic E-state index is 0.0638. The molecule has 8 unspecified atom stereocenters. The van der Waals surface area contributed by atoms with E-state index in [-0.39, 0.29) is 27.3 Å². The van der Waals surface area contributed by atoms with Crippen LogP contribution in [0.25, 0.3) is 0 Å². The van der Waals surface area contributed by atoms with Gasteiger partial charge in [0.05, 0.1) is 11.1 Å². The fraction of sp³-hybridized carbons (Fsp3) is 0.609. The topological polar surface area (TPSA) is 6.48 Å². The van der Waals surface area contributed by atoms with Crippen LogP contribution in [0.5, 0.6) is 0 Å². The molecule has 0 radical (unpaired) electrons. The lowest BCUT2D eigenvalue weighted by Gasteiger charge is -2.61. The molecule has 8 atom stereocenters. The molecule has 49 heavy (non-hydrogen) atoms. The SMILES string of the molecule is CC(C)(C)c1cc2c3c(c1)N1c4c(cccc4C4(C)CCC5CCCCC5C14C)B3c1cccc3c1N2C1(C)C2CCCCC2CCC31C. The molecule has 4 saturated carbocycles. The molecule has 11 rings (SSSR count). The van der Waals surface area contributed by atoms with Crippen molar-refractivity contribution in [1.82, 2.24) is 0 Å². The monoisotopic (exact) mass is 648 g/mol. The first-order valence-corrected chi connectivity index (χ1v) is 20.5. The Hall–Kier alpha value is -2.68. The molecule has 0 saturated heterocycles. The highest BCUT2D eigenvalue weighted by atomic mass is 15.3. The Morgan fingerprint density at radius 1 is 0.612 bits per heavy atom. The fourth-order valence-electron chi connectivity index (χ4n) is 14.9. The van der Waals surface area contributed by atoms with Crippen LogP contribution in [0.4, 0.5) is 22.7 Å². The van der Waals surface area contributed by atoms with Crippen molar-refractivity contribution in [3.63, 3.8) is 0 Å². The Morgan fingerprint density at radius 2 is 1.06 bits per heavy atom. The van der Waals surface area contributed by atoms with Crippen LogP contribution >= 0.6 is 0 Å². The van der Waals surface area contributed by atoms with Gasteiger partial charge in [-0.3, -0.25) is 0 Å². The predicted octanol–water partition coefficient (Wildman–Crippen LogP) is 9.66. The van der Waals surface area contributed by atoms with Crippen LogP contribution < -0.4 is 26.2 Å². The number of para-hydroxylation sites is 2. The molecule has 3 heteroatoms. The summed E-state index contributed by atoms with van der Waals surface area (Å²) in [5.74, 6) is 3.19. The lowest BCUT2D eigenvalue weighted by molar-refractivity contribution is 0.0334. The van der Waals surface area contributed by atoms with Crippen molar-refractivity contribution in [2.24, 2.45) is 23.7 Å². The second-order valence-electron chi connectivity index (χ2n) is 20.1. The van der Waals surface area contributed by atoms with Gasteiger partial charge < -0.3 is 9.80 Å². The van der Waals surface area contributed by atoms with Gasteiger partial charge in [0.2, 0.25) is 0 Å². The van der Waals surface area contributed by atoms with Crippen molar-refractivity contribution in [1.29, 1.82) is 0 Å². The number of benzene rings is 3. The number of hydrogen-bond acceptors (Lipinski definition) is 2. The Kier molecular flexibility index (Phi) is 5.64. The van der Waals surface area contributed by atoms with E-state index >= 15 is 0 Å². The smallest absolute Gasteiger partial charge is 0.252 e. The molecule has 4 aliphatic carbocycles. The highest BCUT2D eigenvalue weighted by Gasteiger charge is 2.69. The Morgan fingerprint density at radius 3 is 1.51 bits per heavy atom. The average Bonchev–Trinajstić information content (AvgIpc) is 3.45. The lowest BCUT2D eigenvalue weighted by atomic mass is 9.33. The van der Waals surface area contributed by atoms with Crippen LogP contribution in [0.3, 0.4) is 0 Å². The third-order valence-corrected chi connectivity index (χ3v) is 17.6. The van der Waals surface area contributed by atoms with E-state index in [9.17, 15) is 0 Å². The molecule has 254 valence electrons. The summed E-state index contributed by atoms with van der Waals surface area (Å²) in [6.45, 7) is 18.5. The van der Waals surface area contributed by atoms with E-state index in [0.29, 0.717) is 6.71 Å². The highest BCUT2D eigenvalue weighted by Crippen LogP contribution is 2.69. The quantitative estimate of drug-likeness (QED) is 0.224. The van der Waals surface area contributed by atoms with E-state index in [1.807, 2.05) is 0 Å². The van der Waals surface area contributed by atoms with Crippen LogP contribution in [0, 0.1) is 23.7 Å². The van der Waals surface area contributed by atoms with Gasteiger partial charge >= 0.3 is 0 Å². The molecule has 0 aromatic heterocycles. The summed E-state index contributed by atoms with van der Waals surface area (Å²) in [4.78, 5) is 6.09. The first-order valence-electron chi connectivity index (χ1n) is 20.5. The van der Waals surface area contributed by atoms with Gasteiger partial charge in [0.15, 0.2) is 0 Å². The van der Waals surface area contributed by atoms with Crippen LogP contribution in [-0.2, 0) is 16.2 Å². The van der Waals surface area contributed by atoms with Crippen molar-refractivity contribution in [3.05, 3.63) is 65.2 Å². The zero-order chi connectivity index (χ0) is 33.5. The summed E-state index contributed by atoms with van der Waals surface area (Å²) in [7, 11) is 0. The summed E-state index contributed by atoms with van der Waals surface area (Å²) < 4.78 is 0. The molecule has 0 N–H and O–H groups in total. The van der Waals surface area contributed by atoms with Gasteiger partial charge in [0.25, 0.3) is 6.71 Å². The molecular formula is C46H57BN2. The maximum atomic E-state index is 3.04. The van der Waals surface area contributed by atoms with Gasteiger partial charge in [-0.05, 0) is 127 Å². The molecule has 3 aromatic rings. The Bertz CT molecular complexity index is 1830. The van der Waals surface area contributed by atoms with Gasteiger partial charge in [-0.25, -0.2) is 0 Å². The van der Waals surface area contributed by atoms with Crippen LogP contribution in [-0.4, -0.2) is 17.8 Å². The first kappa shape index (κ1) is 30.0. The summed E-state index contributed by atoms with van der Waals surface area (Å²) >= 11 is 0. The summed E-state index contributed by atoms with van der Waals surface area (Å²) in [6.07, 6.45) is 16.7. The fourth-order valence-corrected chi connectivity index (χ4v) is 14.9. The van der Waals surface area contributed by atoms with E-state index in [0.717, 1.165) is 23.7 Å². The van der Waals surface area contributed by atoms with Crippen LogP contribution in [0.1, 0.15) is 142 Å². The van der Waals surface area contributed by atoms with E-state index in [1.165, 1.54) is 82.6 Å². The minimum absolute atomic E-state index is 0.0638. The van der Waals surface area contributed by atoms with E-state index in [2.05, 4.69) is 107 Å². The molecule has 4 heterocycles. The van der Waals surface area contributed by atoms with Gasteiger partial charge in [0.1, 0.15) is 0 Å². The lowest BCUT2D eigenvalue weighted by Crippen LogP contribution is -2.69. The molecule has 0 amide bonds. The largest absolute Gasteiger partial charge is 0.335 e. The molecule has 3 aromatic carbocycles.